The van der Waals surface area contributed by atoms with Crippen LogP contribution >= 0.6 is 0 Å². The van der Waals surface area contributed by atoms with Gasteiger partial charge in [0.25, 0.3) is 0 Å². The van der Waals surface area contributed by atoms with Gasteiger partial charge in [-0.15, -0.1) is 0 Å². The molecule has 0 aliphatic heterocycles. The summed E-state index contributed by atoms with van der Waals surface area (Å²) in [4.78, 5) is 10.1. The zero-order valence-electron chi connectivity index (χ0n) is 27.0. The van der Waals surface area contributed by atoms with E-state index in [4.69, 9.17) is 14.4 Å². The highest BCUT2D eigenvalue weighted by Crippen LogP contribution is 2.39. The zero-order valence-corrected chi connectivity index (χ0v) is 27.0. The highest BCUT2D eigenvalue weighted by Gasteiger charge is 2.21. The van der Waals surface area contributed by atoms with E-state index in [1.165, 1.54) is 23.1 Å². The molecule has 232 valence electrons. The first-order valence-electron chi connectivity index (χ1n) is 16.2. The van der Waals surface area contributed by atoms with Crippen LogP contribution < -0.4 is 0 Å². The van der Waals surface area contributed by atoms with E-state index >= 15 is 0 Å². The molecule has 1 heterocycles. The van der Waals surface area contributed by atoms with Crippen molar-refractivity contribution in [3.05, 3.63) is 156 Å². The van der Waals surface area contributed by atoms with E-state index in [0.717, 1.165) is 66.3 Å². The molecule has 0 aliphatic rings. The highest BCUT2D eigenvalue weighted by molar-refractivity contribution is 6.01. The smallest absolute Gasteiger partial charge is 0.229 e. The molecule has 0 aliphatic carbocycles. The second kappa shape index (κ2) is 11.7. The molecule has 3 nitrogen and oxygen atoms in total. The molecule has 0 unspecified atom stereocenters. The van der Waals surface area contributed by atoms with Crippen molar-refractivity contribution in [1.29, 1.82) is 0 Å². The molecule has 8 rings (SSSR count). The number of benzene rings is 7. The Labute approximate surface area is 279 Å². The number of fused-ring (bicyclic) bond motifs is 3. The van der Waals surface area contributed by atoms with Crippen molar-refractivity contribution in [3.8, 4) is 33.7 Å². The Kier molecular flexibility index (Phi) is 7.22. The molecule has 48 heavy (non-hydrogen) atoms. The van der Waals surface area contributed by atoms with Crippen molar-refractivity contribution >= 4 is 44.5 Å². The lowest BCUT2D eigenvalue weighted by molar-refractivity contribution is 0.584. The molecule has 0 radical (unpaired) electrons. The van der Waals surface area contributed by atoms with Crippen LogP contribution in [0.5, 0.6) is 0 Å². The lowest BCUT2D eigenvalue weighted by Gasteiger charge is -2.20. The van der Waals surface area contributed by atoms with Crippen LogP contribution in [0.3, 0.4) is 0 Å². The topological polar surface area (TPSA) is 38.4 Å². The summed E-state index contributed by atoms with van der Waals surface area (Å²) < 4.78 is 20.1. The van der Waals surface area contributed by atoms with Gasteiger partial charge in [0.2, 0.25) is 5.89 Å². The third kappa shape index (κ3) is 5.56. The first kappa shape index (κ1) is 29.5. The summed E-state index contributed by atoms with van der Waals surface area (Å²) in [5.74, 6) is 0.300. The van der Waals surface area contributed by atoms with E-state index in [-0.39, 0.29) is 11.2 Å². The molecule has 0 saturated carbocycles. The number of halogens is 1. The van der Waals surface area contributed by atoms with Crippen LogP contribution in [0.15, 0.2) is 149 Å². The lowest BCUT2D eigenvalue weighted by atomic mass is 9.85. The summed E-state index contributed by atoms with van der Waals surface area (Å²) in [5, 5.41) is 4.56. The van der Waals surface area contributed by atoms with Gasteiger partial charge in [-0.2, -0.15) is 0 Å². The van der Waals surface area contributed by atoms with Crippen molar-refractivity contribution in [2.75, 3.05) is 0 Å². The number of aromatic nitrogens is 1. The fourth-order valence-corrected chi connectivity index (χ4v) is 6.30. The second-order valence-corrected chi connectivity index (χ2v) is 13.3. The van der Waals surface area contributed by atoms with E-state index in [9.17, 15) is 4.39 Å². The Balaban J connectivity index is 1.22. The van der Waals surface area contributed by atoms with Crippen molar-refractivity contribution in [3.63, 3.8) is 0 Å². The monoisotopic (exact) mass is 624 g/mol. The van der Waals surface area contributed by atoms with Gasteiger partial charge in [0.15, 0.2) is 5.58 Å². The zero-order chi connectivity index (χ0) is 32.8. The Morgan fingerprint density at radius 1 is 0.625 bits per heavy atom. The molecule has 0 spiro atoms. The predicted molar refractivity (Wildman–Crippen MR) is 198 cm³/mol. The van der Waals surface area contributed by atoms with Gasteiger partial charge < -0.3 is 4.42 Å². The van der Waals surface area contributed by atoms with Gasteiger partial charge in [-0.3, -0.25) is 4.99 Å². The van der Waals surface area contributed by atoms with Crippen molar-refractivity contribution in [1.82, 2.24) is 4.98 Å². The molecular weight excluding hydrogens is 591 g/mol. The number of oxazole rings is 1. The molecule has 0 bridgehead atoms. The Morgan fingerprint density at radius 3 is 2.12 bits per heavy atom. The van der Waals surface area contributed by atoms with E-state index in [1.807, 2.05) is 42.6 Å². The minimum absolute atomic E-state index is 0.0997. The van der Waals surface area contributed by atoms with Crippen LogP contribution in [0, 0.1) is 5.82 Å². The molecule has 8 aromatic rings. The number of hydrogen-bond donors (Lipinski definition) is 0. The van der Waals surface area contributed by atoms with E-state index in [0.29, 0.717) is 5.89 Å². The molecular formula is C44H33FN2O. The van der Waals surface area contributed by atoms with Crippen LogP contribution in [0.4, 0.5) is 10.1 Å². The molecule has 0 N–H and O–H groups in total. The van der Waals surface area contributed by atoms with E-state index < -0.39 is 0 Å². The summed E-state index contributed by atoms with van der Waals surface area (Å²) in [6.07, 6.45) is 1.92. The number of hydrogen-bond acceptors (Lipinski definition) is 3. The largest absolute Gasteiger partial charge is 0.436 e. The van der Waals surface area contributed by atoms with Crippen LogP contribution in [-0.2, 0) is 5.41 Å². The van der Waals surface area contributed by atoms with Gasteiger partial charge >= 0.3 is 0 Å². The van der Waals surface area contributed by atoms with Gasteiger partial charge in [-0.1, -0.05) is 112 Å². The van der Waals surface area contributed by atoms with E-state index in [1.54, 1.807) is 0 Å². The maximum absolute atomic E-state index is 13.5. The molecule has 0 fully saturated rings. The number of aliphatic imine (C=N–C) groups is 1. The van der Waals surface area contributed by atoms with Crippen molar-refractivity contribution in [2.24, 2.45) is 4.99 Å². The van der Waals surface area contributed by atoms with Crippen LogP contribution in [0.1, 0.15) is 31.9 Å². The molecule has 0 amide bonds. The Bertz CT molecular complexity index is 2500. The van der Waals surface area contributed by atoms with Crippen LogP contribution in [0.25, 0.3) is 66.4 Å². The quantitative estimate of drug-likeness (QED) is 0.179. The summed E-state index contributed by atoms with van der Waals surface area (Å²) in [7, 11) is 0. The fourth-order valence-electron chi connectivity index (χ4n) is 6.30. The van der Waals surface area contributed by atoms with Gasteiger partial charge in [0.1, 0.15) is 11.3 Å². The maximum Gasteiger partial charge on any atom is 0.229 e. The molecule has 7 aromatic carbocycles. The van der Waals surface area contributed by atoms with Crippen LogP contribution in [-0.4, -0.2) is 11.2 Å². The summed E-state index contributed by atoms with van der Waals surface area (Å²) in [6.45, 7) is 6.64. The second-order valence-electron chi connectivity index (χ2n) is 13.3. The Hall–Kier alpha value is -5.87. The molecule has 0 atom stereocenters. The van der Waals surface area contributed by atoms with E-state index in [2.05, 4.69) is 112 Å². The van der Waals surface area contributed by atoms with Gasteiger partial charge in [0.05, 0.1) is 11.3 Å². The van der Waals surface area contributed by atoms with Crippen molar-refractivity contribution < 1.29 is 8.81 Å². The SMILES string of the molecule is CC(C)(C)c1cc(-c2ccc3cc(-c4ccc(F)cc4)ccc3c2)c2nc(-c3ccccc3N=Cc3cccc4ccccc34)oc2c1. The molecule has 1 aromatic heterocycles. The minimum atomic E-state index is -0.235. The highest BCUT2D eigenvalue weighted by atomic mass is 19.1. The standard InChI is InChI=1S/C44H33FN2O/c1-44(2,3)35-25-39(33-18-17-31-23-30(15-16-32(31)24-33)28-19-21-36(45)22-20-28)42-41(26-35)48-43(47-42)38-13-6-7-14-40(38)46-27-34-11-8-10-29-9-4-5-12-37(29)34/h4-27H,1-3H3. The minimum Gasteiger partial charge on any atom is -0.436 e. The average Bonchev–Trinajstić information content (AvgIpc) is 3.54. The molecule has 4 heteroatoms. The lowest BCUT2D eigenvalue weighted by Crippen LogP contribution is -2.11. The normalized spacial score (nSPS) is 12.1. The molecule has 0 saturated heterocycles. The third-order valence-corrected chi connectivity index (χ3v) is 8.99. The third-order valence-electron chi connectivity index (χ3n) is 8.99. The predicted octanol–water partition coefficient (Wildman–Crippen LogP) is 12.3. The number of rotatable bonds is 5. The van der Waals surface area contributed by atoms with Gasteiger partial charge in [-0.05, 0) is 97.7 Å². The summed E-state index contributed by atoms with van der Waals surface area (Å²) in [6, 6.07) is 46.4. The maximum atomic E-state index is 13.5. The van der Waals surface area contributed by atoms with Crippen LogP contribution in [0.2, 0.25) is 0 Å². The first-order chi connectivity index (χ1) is 23.3. The van der Waals surface area contributed by atoms with Gasteiger partial charge in [0, 0.05) is 17.3 Å². The van der Waals surface area contributed by atoms with Crippen molar-refractivity contribution in [2.45, 2.75) is 26.2 Å². The Morgan fingerprint density at radius 2 is 1.31 bits per heavy atom. The average molecular weight is 625 g/mol. The fraction of sp³-hybridized carbons (Fsp3) is 0.0909. The number of nitrogens with zero attached hydrogens (tertiary/aromatic N) is 2. The summed E-state index contributed by atoms with van der Waals surface area (Å²) in [5.41, 5.74) is 9.42. The van der Waals surface area contributed by atoms with Gasteiger partial charge in [-0.25, -0.2) is 9.37 Å². The first-order valence-corrected chi connectivity index (χ1v) is 16.2. The number of para-hydroxylation sites is 1. The summed E-state index contributed by atoms with van der Waals surface area (Å²) >= 11 is 0.